The van der Waals surface area contributed by atoms with Crippen molar-refractivity contribution in [3.8, 4) is 0 Å². The second kappa shape index (κ2) is 7.79. The van der Waals surface area contributed by atoms with Crippen molar-refractivity contribution >= 4 is 21.3 Å². The number of aromatic nitrogens is 1. The second-order valence-corrected chi connectivity index (χ2v) is 11.0. The largest absolute Gasteiger partial charge is 0.350 e. The van der Waals surface area contributed by atoms with Crippen LogP contribution in [0.25, 0.3) is 5.57 Å². The van der Waals surface area contributed by atoms with E-state index in [0.717, 1.165) is 42.4 Å². The highest BCUT2D eigenvalue weighted by Gasteiger charge is 2.29. The van der Waals surface area contributed by atoms with Crippen LogP contribution in [0.15, 0.2) is 52.2 Å². The first-order valence-electron chi connectivity index (χ1n) is 11.0. The molecule has 7 heteroatoms. The highest BCUT2D eigenvalue weighted by molar-refractivity contribution is 7.91. The first-order chi connectivity index (χ1) is 14.9. The van der Waals surface area contributed by atoms with E-state index in [-0.39, 0.29) is 23.3 Å². The Morgan fingerprint density at radius 1 is 0.968 bits per heavy atom. The number of sulfone groups is 1. The molecular formula is C24H26N2O4S. The smallest absolute Gasteiger partial charge is 0.251 e. The highest BCUT2D eigenvalue weighted by atomic mass is 32.2. The number of pyridine rings is 1. The van der Waals surface area contributed by atoms with Gasteiger partial charge >= 0.3 is 0 Å². The Balaban J connectivity index is 1.49. The number of nitrogens with one attached hydrogen (secondary N) is 2. The predicted molar refractivity (Wildman–Crippen MR) is 119 cm³/mol. The summed E-state index contributed by atoms with van der Waals surface area (Å²) in [7, 11) is -3.28. The quantitative estimate of drug-likeness (QED) is 0.694. The molecule has 1 aliphatic heterocycles. The van der Waals surface area contributed by atoms with Crippen LogP contribution in [-0.4, -0.2) is 31.1 Å². The minimum atomic E-state index is -3.28. The van der Waals surface area contributed by atoms with Crippen LogP contribution < -0.4 is 10.9 Å². The summed E-state index contributed by atoms with van der Waals surface area (Å²) in [6, 6.07) is 10.5. The van der Waals surface area contributed by atoms with E-state index in [1.807, 2.05) is 18.2 Å². The van der Waals surface area contributed by atoms with Crippen LogP contribution in [-0.2, 0) is 14.6 Å². The molecule has 1 aromatic carbocycles. The van der Waals surface area contributed by atoms with E-state index in [2.05, 4.69) is 10.3 Å². The molecule has 3 aliphatic rings. The average Bonchev–Trinajstić information content (AvgIpc) is 3.67. The Labute approximate surface area is 181 Å². The van der Waals surface area contributed by atoms with Crippen molar-refractivity contribution in [1.82, 2.24) is 10.3 Å². The zero-order valence-electron chi connectivity index (χ0n) is 17.3. The maximum atomic E-state index is 12.6. The van der Waals surface area contributed by atoms with Crippen LogP contribution in [0.1, 0.15) is 61.3 Å². The monoisotopic (exact) mass is 438 g/mol. The summed E-state index contributed by atoms with van der Waals surface area (Å²) < 4.78 is 25.2. The molecule has 2 saturated carbocycles. The summed E-state index contributed by atoms with van der Waals surface area (Å²) in [5.74, 6) is 0.871. The Kier molecular flexibility index (Phi) is 5.08. The molecule has 2 N–H and O–H groups in total. The van der Waals surface area contributed by atoms with Gasteiger partial charge in [0, 0.05) is 29.3 Å². The number of rotatable bonds is 7. The van der Waals surface area contributed by atoms with E-state index in [1.165, 1.54) is 0 Å². The maximum absolute atomic E-state index is 12.6. The van der Waals surface area contributed by atoms with Crippen molar-refractivity contribution in [1.29, 1.82) is 0 Å². The lowest BCUT2D eigenvalue weighted by Gasteiger charge is -2.13. The summed E-state index contributed by atoms with van der Waals surface area (Å²) in [5.41, 5.74) is 3.01. The number of hydrogen-bond acceptors (Lipinski definition) is 4. The van der Waals surface area contributed by atoms with E-state index >= 15 is 0 Å². The topological polar surface area (TPSA) is 96.1 Å². The van der Waals surface area contributed by atoms with Crippen LogP contribution in [0.3, 0.4) is 0 Å². The summed E-state index contributed by atoms with van der Waals surface area (Å²) in [5, 5.41) is 2.94. The van der Waals surface area contributed by atoms with Crippen molar-refractivity contribution in [3.05, 3.63) is 69.6 Å². The molecule has 5 rings (SSSR count). The first-order valence-corrected chi connectivity index (χ1v) is 12.6. The van der Waals surface area contributed by atoms with Crippen molar-refractivity contribution in [3.63, 3.8) is 0 Å². The summed E-state index contributed by atoms with van der Waals surface area (Å²) in [6.45, 7) is 0. The van der Waals surface area contributed by atoms with Crippen LogP contribution in [0.5, 0.6) is 0 Å². The predicted octanol–water partition coefficient (Wildman–Crippen LogP) is 3.15. The van der Waals surface area contributed by atoms with Crippen LogP contribution in [0, 0.1) is 5.92 Å². The maximum Gasteiger partial charge on any atom is 0.251 e. The molecule has 3 fully saturated rings. The molecule has 162 valence electrons. The fraction of sp³-hybridized carbons (Fsp3) is 0.417. The standard InChI is InChI=1S/C24H26N2O4S/c27-23-12-7-18(25-23)13-21(22-11-10-20(16-3-4-16)24(28)26-22)17-5-8-19(9-6-17)31(29,30)14-15-1-2-15/h5-6,8-11,13,15-16,18H,1-4,7,12,14H2,(H,25,27)(H,26,28)/b21-13+/t18-/m1/s1. The Bertz CT molecular complexity index is 1200. The molecule has 1 atom stereocenters. The molecule has 1 saturated heterocycles. The van der Waals surface area contributed by atoms with Gasteiger partial charge in [-0.1, -0.05) is 24.3 Å². The van der Waals surface area contributed by atoms with Crippen LogP contribution in [0.4, 0.5) is 0 Å². The molecule has 0 spiro atoms. The van der Waals surface area contributed by atoms with Gasteiger partial charge in [0.05, 0.1) is 10.6 Å². The van der Waals surface area contributed by atoms with Crippen LogP contribution >= 0.6 is 0 Å². The zero-order chi connectivity index (χ0) is 21.6. The number of benzene rings is 1. The highest BCUT2D eigenvalue weighted by Crippen LogP contribution is 2.38. The number of carbonyl (C=O) groups is 1. The van der Waals surface area contributed by atoms with Gasteiger partial charge in [0.25, 0.3) is 5.56 Å². The molecule has 2 aliphatic carbocycles. The summed E-state index contributed by atoms with van der Waals surface area (Å²) in [4.78, 5) is 27.6. The average molecular weight is 439 g/mol. The Morgan fingerprint density at radius 2 is 1.71 bits per heavy atom. The van der Waals surface area contributed by atoms with Gasteiger partial charge in [-0.15, -0.1) is 0 Å². The van der Waals surface area contributed by atoms with E-state index < -0.39 is 9.84 Å². The molecular weight excluding hydrogens is 412 g/mol. The third kappa shape index (κ3) is 4.51. The lowest BCUT2D eigenvalue weighted by atomic mass is 9.98. The number of amides is 1. The molecule has 0 bridgehead atoms. The van der Waals surface area contributed by atoms with Crippen molar-refractivity contribution in [2.75, 3.05) is 5.75 Å². The number of hydrogen-bond donors (Lipinski definition) is 2. The molecule has 1 amide bonds. The van der Waals surface area contributed by atoms with E-state index in [9.17, 15) is 18.0 Å². The summed E-state index contributed by atoms with van der Waals surface area (Å²) >= 11 is 0. The fourth-order valence-electron chi connectivity index (χ4n) is 4.20. The van der Waals surface area contributed by atoms with E-state index in [0.29, 0.717) is 35.3 Å². The number of H-pyrrole nitrogens is 1. The molecule has 0 radical (unpaired) electrons. The molecule has 1 aromatic heterocycles. The first kappa shape index (κ1) is 20.2. The minimum absolute atomic E-state index is 0.0136. The minimum Gasteiger partial charge on any atom is -0.350 e. The van der Waals surface area contributed by atoms with Gasteiger partial charge in [-0.25, -0.2) is 8.42 Å². The molecule has 2 aromatic rings. The molecule has 0 unspecified atom stereocenters. The molecule has 2 heterocycles. The number of aromatic amines is 1. The van der Waals surface area contributed by atoms with Gasteiger partial charge in [-0.3, -0.25) is 9.59 Å². The molecule has 6 nitrogen and oxygen atoms in total. The SMILES string of the molecule is O=C1CC[C@H](/C=C(\c2ccc(S(=O)(=O)CC3CC3)cc2)c2ccc(C3CC3)c(=O)[nH]2)N1. The van der Waals surface area contributed by atoms with Gasteiger partial charge in [0.1, 0.15) is 0 Å². The van der Waals surface area contributed by atoms with Crippen molar-refractivity contribution < 1.29 is 13.2 Å². The van der Waals surface area contributed by atoms with E-state index in [4.69, 9.17) is 0 Å². The third-order valence-corrected chi connectivity index (χ3v) is 8.22. The zero-order valence-corrected chi connectivity index (χ0v) is 18.1. The van der Waals surface area contributed by atoms with Gasteiger partial charge in [-0.2, -0.15) is 0 Å². The third-order valence-electron chi connectivity index (χ3n) is 6.32. The van der Waals surface area contributed by atoms with Crippen molar-refractivity contribution in [2.24, 2.45) is 5.92 Å². The van der Waals surface area contributed by atoms with Gasteiger partial charge in [0.2, 0.25) is 5.91 Å². The Hall–Kier alpha value is -2.67. The fourth-order valence-corrected chi connectivity index (χ4v) is 5.89. The van der Waals surface area contributed by atoms with Crippen molar-refractivity contribution in [2.45, 2.75) is 55.4 Å². The molecule has 31 heavy (non-hydrogen) atoms. The van der Waals surface area contributed by atoms with Gasteiger partial charge in [0.15, 0.2) is 9.84 Å². The normalized spacial score (nSPS) is 21.9. The number of carbonyl (C=O) groups excluding carboxylic acids is 1. The lowest BCUT2D eigenvalue weighted by molar-refractivity contribution is -0.119. The Morgan fingerprint density at radius 3 is 2.29 bits per heavy atom. The lowest BCUT2D eigenvalue weighted by Crippen LogP contribution is -2.23. The van der Waals surface area contributed by atoms with Crippen LogP contribution in [0.2, 0.25) is 0 Å². The second-order valence-electron chi connectivity index (χ2n) is 8.97. The summed E-state index contributed by atoms with van der Waals surface area (Å²) in [6.07, 6.45) is 7.21. The van der Waals surface area contributed by atoms with E-state index in [1.54, 1.807) is 24.3 Å². The van der Waals surface area contributed by atoms with Gasteiger partial charge in [-0.05, 0) is 67.7 Å². The van der Waals surface area contributed by atoms with Gasteiger partial charge < -0.3 is 10.3 Å².